The maximum Gasteiger partial charge on any atom is 0.313 e. The van der Waals surface area contributed by atoms with Gasteiger partial charge in [0.25, 0.3) is 0 Å². The monoisotopic (exact) mass is 260 g/mol. The van der Waals surface area contributed by atoms with Crippen molar-refractivity contribution < 1.29 is 9.53 Å². The standard InChI is InChI=1S/C13H16N4O2/c1-3-19-12(18)13(2)6-7-17(9-13)11-5-4-10(8-14)15-16-11/h4-5H,3,6-7,9H2,1-2H3. The van der Waals surface area contributed by atoms with Crippen LogP contribution in [0.4, 0.5) is 5.82 Å². The van der Waals surface area contributed by atoms with Crippen molar-refractivity contribution in [3.8, 4) is 6.07 Å². The van der Waals surface area contributed by atoms with E-state index in [-0.39, 0.29) is 11.7 Å². The lowest BCUT2D eigenvalue weighted by Crippen LogP contribution is -2.33. The molecule has 100 valence electrons. The zero-order valence-corrected chi connectivity index (χ0v) is 11.1. The van der Waals surface area contributed by atoms with Gasteiger partial charge in [0.2, 0.25) is 0 Å². The molecule has 0 aromatic carbocycles. The van der Waals surface area contributed by atoms with E-state index in [0.29, 0.717) is 19.0 Å². The average Bonchev–Trinajstić information content (AvgIpc) is 2.83. The molecule has 1 unspecified atom stereocenters. The second kappa shape index (κ2) is 5.22. The van der Waals surface area contributed by atoms with Crippen LogP contribution in [0.15, 0.2) is 12.1 Å². The highest BCUT2D eigenvalue weighted by Gasteiger charge is 2.42. The van der Waals surface area contributed by atoms with Gasteiger partial charge >= 0.3 is 5.97 Å². The van der Waals surface area contributed by atoms with Gasteiger partial charge < -0.3 is 9.64 Å². The summed E-state index contributed by atoms with van der Waals surface area (Å²) in [5.41, 5.74) is -0.206. The van der Waals surface area contributed by atoms with Crippen molar-refractivity contribution in [3.05, 3.63) is 17.8 Å². The first-order valence-corrected chi connectivity index (χ1v) is 6.25. The fourth-order valence-corrected chi connectivity index (χ4v) is 2.18. The number of rotatable bonds is 3. The van der Waals surface area contributed by atoms with Crippen LogP contribution in [0.2, 0.25) is 0 Å². The van der Waals surface area contributed by atoms with Crippen molar-refractivity contribution in [2.75, 3.05) is 24.6 Å². The second-order valence-electron chi connectivity index (χ2n) is 4.84. The fourth-order valence-electron chi connectivity index (χ4n) is 2.18. The van der Waals surface area contributed by atoms with Crippen molar-refractivity contribution in [1.82, 2.24) is 10.2 Å². The van der Waals surface area contributed by atoms with Gasteiger partial charge in [-0.3, -0.25) is 4.79 Å². The van der Waals surface area contributed by atoms with E-state index >= 15 is 0 Å². The Kier molecular flexibility index (Phi) is 3.65. The van der Waals surface area contributed by atoms with E-state index in [1.165, 1.54) is 0 Å². The lowest BCUT2D eigenvalue weighted by Gasteiger charge is -2.22. The largest absolute Gasteiger partial charge is 0.466 e. The number of ether oxygens (including phenoxy) is 1. The number of esters is 1. The minimum Gasteiger partial charge on any atom is -0.466 e. The molecule has 19 heavy (non-hydrogen) atoms. The molecule has 0 radical (unpaired) electrons. The smallest absolute Gasteiger partial charge is 0.313 e. The third-order valence-electron chi connectivity index (χ3n) is 3.33. The summed E-state index contributed by atoms with van der Waals surface area (Å²) in [4.78, 5) is 13.9. The molecule has 6 heteroatoms. The summed E-state index contributed by atoms with van der Waals surface area (Å²) in [5, 5.41) is 16.5. The molecule has 1 aliphatic rings. The molecule has 0 aliphatic carbocycles. The second-order valence-corrected chi connectivity index (χ2v) is 4.84. The van der Waals surface area contributed by atoms with Gasteiger partial charge in [0.05, 0.1) is 12.0 Å². The van der Waals surface area contributed by atoms with Crippen molar-refractivity contribution in [3.63, 3.8) is 0 Å². The molecule has 1 saturated heterocycles. The van der Waals surface area contributed by atoms with Gasteiger partial charge in [0, 0.05) is 13.1 Å². The number of carbonyl (C=O) groups is 1. The molecule has 6 nitrogen and oxygen atoms in total. The van der Waals surface area contributed by atoms with Crippen molar-refractivity contribution in [1.29, 1.82) is 5.26 Å². The lowest BCUT2D eigenvalue weighted by molar-refractivity contribution is -0.153. The van der Waals surface area contributed by atoms with Gasteiger partial charge in [-0.15, -0.1) is 10.2 Å². The summed E-state index contributed by atoms with van der Waals surface area (Å²) < 4.78 is 5.10. The molecular formula is C13H16N4O2. The zero-order chi connectivity index (χ0) is 13.9. The first kappa shape index (κ1) is 13.3. The molecule has 2 rings (SSSR count). The SMILES string of the molecule is CCOC(=O)C1(C)CCN(c2ccc(C#N)nn2)C1. The predicted octanol–water partition coefficient (Wildman–Crippen LogP) is 1.13. The number of hydrogen-bond donors (Lipinski definition) is 0. The van der Waals surface area contributed by atoms with Gasteiger partial charge in [0.15, 0.2) is 11.5 Å². The van der Waals surface area contributed by atoms with Crippen molar-refractivity contribution in [2.24, 2.45) is 5.41 Å². The highest BCUT2D eigenvalue weighted by atomic mass is 16.5. The van der Waals surface area contributed by atoms with E-state index < -0.39 is 5.41 Å². The Balaban J connectivity index is 2.09. The molecule has 0 N–H and O–H groups in total. The summed E-state index contributed by atoms with van der Waals surface area (Å²) in [6.07, 6.45) is 0.730. The Morgan fingerprint density at radius 1 is 1.58 bits per heavy atom. The Morgan fingerprint density at radius 3 is 2.95 bits per heavy atom. The molecule has 1 aromatic rings. The van der Waals surface area contributed by atoms with Crippen LogP contribution in [-0.2, 0) is 9.53 Å². The highest BCUT2D eigenvalue weighted by Crippen LogP contribution is 2.33. The minimum absolute atomic E-state index is 0.167. The normalized spacial score (nSPS) is 22.1. The molecule has 1 aliphatic heterocycles. The van der Waals surface area contributed by atoms with E-state index in [9.17, 15) is 4.79 Å². The molecular weight excluding hydrogens is 244 g/mol. The Hall–Kier alpha value is -2.16. The van der Waals surface area contributed by atoms with Gasteiger partial charge in [-0.1, -0.05) is 0 Å². The van der Waals surface area contributed by atoms with Gasteiger partial charge in [-0.25, -0.2) is 0 Å². The number of hydrogen-bond acceptors (Lipinski definition) is 6. The summed E-state index contributed by atoms with van der Waals surface area (Å²) in [6, 6.07) is 5.31. The van der Waals surface area contributed by atoms with Crippen LogP contribution >= 0.6 is 0 Å². The molecule has 0 bridgehead atoms. The summed E-state index contributed by atoms with van der Waals surface area (Å²) in [7, 11) is 0. The molecule has 0 saturated carbocycles. The van der Waals surface area contributed by atoms with E-state index in [4.69, 9.17) is 10.00 Å². The van der Waals surface area contributed by atoms with Crippen molar-refractivity contribution >= 4 is 11.8 Å². The minimum atomic E-state index is -0.494. The summed E-state index contributed by atoms with van der Waals surface area (Å²) in [5.74, 6) is 0.520. The lowest BCUT2D eigenvalue weighted by atomic mass is 9.90. The van der Waals surface area contributed by atoms with Gasteiger partial charge in [0.1, 0.15) is 6.07 Å². The first-order chi connectivity index (χ1) is 9.09. The van der Waals surface area contributed by atoms with Crippen molar-refractivity contribution in [2.45, 2.75) is 20.3 Å². The number of anilines is 1. The van der Waals surface area contributed by atoms with Gasteiger partial charge in [-0.05, 0) is 32.4 Å². The van der Waals surface area contributed by atoms with E-state index in [1.807, 2.05) is 17.9 Å². The predicted molar refractivity (Wildman–Crippen MR) is 68.3 cm³/mol. The molecule has 2 heterocycles. The third-order valence-corrected chi connectivity index (χ3v) is 3.33. The maximum atomic E-state index is 11.9. The Labute approximate surface area is 112 Å². The molecule has 0 amide bonds. The maximum absolute atomic E-state index is 11.9. The number of carbonyl (C=O) groups excluding carboxylic acids is 1. The topological polar surface area (TPSA) is 79.1 Å². The molecule has 0 spiro atoms. The Morgan fingerprint density at radius 2 is 2.37 bits per heavy atom. The third kappa shape index (κ3) is 2.65. The van der Waals surface area contributed by atoms with E-state index in [1.54, 1.807) is 19.1 Å². The number of aromatic nitrogens is 2. The van der Waals surface area contributed by atoms with Crippen LogP contribution in [0.25, 0.3) is 0 Å². The first-order valence-electron chi connectivity index (χ1n) is 6.25. The van der Waals surface area contributed by atoms with Crippen LogP contribution < -0.4 is 4.90 Å². The summed E-state index contributed by atoms with van der Waals surface area (Å²) >= 11 is 0. The highest BCUT2D eigenvalue weighted by molar-refractivity contribution is 5.78. The van der Waals surface area contributed by atoms with Crippen LogP contribution in [-0.4, -0.2) is 35.9 Å². The van der Waals surface area contributed by atoms with E-state index in [2.05, 4.69) is 10.2 Å². The molecule has 1 atom stereocenters. The zero-order valence-electron chi connectivity index (χ0n) is 11.1. The number of nitrogens with zero attached hydrogens (tertiary/aromatic N) is 4. The molecule has 1 aromatic heterocycles. The van der Waals surface area contributed by atoms with Gasteiger partial charge in [-0.2, -0.15) is 5.26 Å². The fraction of sp³-hybridized carbons (Fsp3) is 0.538. The average molecular weight is 260 g/mol. The Bertz CT molecular complexity index is 508. The number of nitriles is 1. The quantitative estimate of drug-likeness (QED) is 0.758. The summed E-state index contributed by atoms with van der Waals surface area (Å²) in [6.45, 7) is 5.40. The van der Waals surface area contributed by atoms with E-state index in [0.717, 1.165) is 13.0 Å². The molecule has 1 fully saturated rings. The van der Waals surface area contributed by atoms with Crippen LogP contribution in [0.3, 0.4) is 0 Å². The van der Waals surface area contributed by atoms with Crippen LogP contribution in [0.5, 0.6) is 0 Å². The van der Waals surface area contributed by atoms with Crippen LogP contribution in [0, 0.1) is 16.7 Å². The van der Waals surface area contributed by atoms with Crippen LogP contribution in [0.1, 0.15) is 26.0 Å².